The number of sulfone groups is 1. The Balaban J connectivity index is 1.64. The maximum absolute atomic E-state index is 13.3. The van der Waals surface area contributed by atoms with E-state index in [2.05, 4.69) is 0 Å². The Morgan fingerprint density at radius 1 is 1.00 bits per heavy atom. The first-order valence-electron chi connectivity index (χ1n) is 9.84. The lowest BCUT2D eigenvalue weighted by atomic mass is 9.99. The molecule has 1 heterocycles. The number of nitrogens with zero attached hydrogens (tertiary/aromatic N) is 1. The first kappa shape index (κ1) is 20.2. The quantitative estimate of drug-likeness (QED) is 0.617. The van der Waals surface area contributed by atoms with Crippen molar-refractivity contribution in [2.75, 3.05) is 18.6 Å². The van der Waals surface area contributed by atoms with Crippen LogP contribution in [0.1, 0.15) is 27.9 Å². The van der Waals surface area contributed by atoms with Crippen LogP contribution >= 0.6 is 0 Å². The Morgan fingerprint density at radius 2 is 1.77 bits per heavy atom. The lowest BCUT2D eigenvalue weighted by Gasteiger charge is -2.31. The third-order valence-corrected chi connectivity index (χ3v) is 6.98. The molecular weight excluding hydrogens is 398 g/mol. The van der Waals surface area contributed by atoms with Crippen molar-refractivity contribution in [2.24, 2.45) is 0 Å². The number of aryl methyl sites for hydroxylation is 1. The molecule has 1 amide bonds. The van der Waals surface area contributed by atoms with Crippen molar-refractivity contribution >= 4 is 21.4 Å². The molecule has 0 aliphatic carbocycles. The van der Waals surface area contributed by atoms with Gasteiger partial charge in [0, 0.05) is 12.1 Å². The number of hydrogen-bond acceptors (Lipinski definition) is 4. The van der Waals surface area contributed by atoms with Crippen LogP contribution in [0.15, 0.2) is 77.7 Å². The molecule has 0 N–H and O–H groups in total. The number of carbonyl (C=O) groups excluding carboxylic acids is 1. The Morgan fingerprint density at radius 3 is 2.53 bits per heavy atom. The highest BCUT2D eigenvalue weighted by Crippen LogP contribution is 2.37. The van der Waals surface area contributed by atoms with E-state index in [0.29, 0.717) is 23.4 Å². The van der Waals surface area contributed by atoms with E-state index in [-0.39, 0.29) is 16.6 Å². The van der Waals surface area contributed by atoms with Gasteiger partial charge in [-0.2, -0.15) is 0 Å². The van der Waals surface area contributed by atoms with Gasteiger partial charge in [0.1, 0.15) is 5.75 Å². The van der Waals surface area contributed by atoms with Crippen LogP contribution in [-0.2, 0) is 22.0 Å². The minimum Gasteiger partial charge on any atom is -0.495 e. The molecule has 30 heavy (non-hydrogen) atoms. The lowest BCUT2D eigenvalue weighted by Crippen LogP contribution is -2.35. The molecule has 4 rings (SSSR count). The molecule has 154 valence electrons. The Bertz CT molecular complexity index is 1160. The van der Waals surface area contributed by atoms with E-state index in [9.17, 15) is 13.2 Å². The van der Waals surface area contributed by atoms with Gasteiger partial charge in [-0.05, 0) is 54.3 Å². The summed E-state index contributed by atoms with van der Waals surface area (Å²) in [7, 11) is -1.89. The van der Waals surface area contributed by atoms with E-state index in [1.165, 1.54) is 0 Å². The molecule has 1 aliphatic heterocycles. The summed E-state index contributed by atoms with van der Waals surface area (Å²) in [5.41, 5.74) is 2.94. The van der Waals surface area contributed by atoms with Crippen LogP contribution < -0.4 is 9.64 Å². The van der Waals surface area contributed by atoms with Crippen LogP contribution in [0.3, 0.4) is 0 Å². The summed E-state index contributed by atoms with van der Waals surface area (Å²) in [6.07, 6.45) is 1.76. The SMILES string of the molecule is COc1cccc2c1N(C(=O)c1cccc(CS(=O)(=O)c3ccccc3)c1)CCC2. The topological polar surface area (TPSA) is 63.7 Å². The maximum Gasteiger partial charge on any atom is 0.258 e. The zero-order valence-corrected chi connectivity index (χ0v) is 17.6. The monoisotopic (exact) mass is 421 g/mol. The van der Waals surface area contributed by atoms with Crippen LogP contribution in [0, 0.1) is 0 Å². The molecular formula is C24H23NO4S. The molecule has 0 aromatic heterocycles. The normalized spacial score (nSPS) is 13.6. The Labute approximate surface area is 176 Å². The van der Waals surface area contributed by atoms with Gasteiger partial charge in [0.2, 0.25) is 0 Å². The standard InChI is InChI=1S/C24H23NO4S/c1-29-22-14-6-9-19-11-7-15-25(23(19)22)24(26)20-10-5-8-18(16-20)17-30(27,28)21-12-3-2-4-13-21/h2-6,8-10,12-14,16H,7,11,15,17H2,1H3. The summed E-state index contributed by atoms with van der Waals surface area (Å²) < 4.78 is 30.9. The number of rotatable bonds is 5. The van der Waals surface area contributed by atoms with Gasteiger partial charge in [-0.15, -0.1) is 0 Å². The van der Waals surface area contributed by atoms with Gasteiger partial charge in [-0.25, -0.2) is 8.42 Å². The van der Waals surface area contributed by atoms with Gasteiger partial charge in [0.15, 0.2) is 9.84 Å². The van der Waals surface area contributed by atoms with Crippen molar-refractivity contribution in [3.05, 3.63) is 89.5 Å². The molecule has 0 spiro atoms. The zero-order chi connectivity index (χ0) is 21.1. The average molecular weight is 422 g/mol. The van der Waals surface area contributed by atoms with Crippen LogP contribution in [0.4, 0.5) is 5.69 Å². The molecule has 0 atom stereocenters. The number of methoxy groups -OCH3 is 1. The van der Waals surface area contributed by atoms with Crippen LogP contribution in [0.2, 0.25) is 0 Å². The Kier molecular flexibility index (Phi) is 5.59. The number of hydrogen-bond donors (Lipinski definition) is 0. The molecule has 1 aliphatic rings. The molecule has 0 unspecified atom stereocenters. The average Bonchev–Trinajstić information content (AvgIpc) is 2.78. The summed E-state index contributed by atoms with van der Waals surface area (Å²) in [6.45, 7) is 0.596. The van der Waals surface area contributed by atoms with E-state index in [0.717, 1.165) is 24.1 Å². The molecule has 0 saturated carbocycles. The van der Waals surface area contributed by atoms with Crippen LogP contribution in [0.5, 0.6) is 5.75 Å². The predicted octanol–water partition coefficient (Wildman–Crippen LogP) is 4.26. The van der Waals surface area contributed by atoms with Crippen molar-refractivity contribution in [2.45, 2.75) is 23.5 Å². The van der Waals surface area contributed by atoms with E-state index in [1.807, 2.05) is 18.2 Å². The van der Waals surface area contributed by atoms with E-state index in [4.69, 9.17) is 4.74 Å². The van der Waals surface area contributed by atoms with Crippen LogP contribution in [0.25, 0.3) is 0 Å². The maximum atomic E-state index is 13.3. The van der Waals surface area contributed by atoms with E-state index >= 15 is 0 Å². The van der Waals surface area contributed by atoms with Gasteiger partial charge in [0.25, 0.3) is 5.91 Å². The summed E-state index contributed by atoms with van der Waals surface area (Å²) in [6, 6.07) is 21.0. The smallest absolute Gasteiger partial charge is 0.258 e. The second kappa shape index (κ2) is 8.32. The highest BCUT2D eigenvalue weighted by atomic mass is 32.2. The van der Waals surface area contributed by atoms with Crippen molar-refractivity contribution < 1.29 is 17.9 Å². The predicted molar refractivity (Wildman–Crippen MR) is 117 cm³/mol. The fourth-order valence-electron chi connectivity index (χ4n) is 3.86. The van der Waals surface area contributed by atoms with Crippen molar-refractivity contribution in [3.8, 4) is 5.75 Å². The third-order valence-electron chi connectivity index (χ3n) is 5.28. The second-order valence-corrected chi connectivity index (χ2v) is 9.29. The molecule has 3 aromatic rings. The minimum atomic E-state index is -3.48. The molecule has 6 heteroatoms. The van der Waals surface area contributed by atoms with Crippen molar-refractivity contribution in [1.29, 1.82) is 0 Å². The first-order chi connectivity index (χ1) is 14.5. The van der Waals surface area contributed by atoms with Gasteiger partial charge < -0.3 is 9.64 Å². The number of amides is 1. The fraction of sp³-hybridized carbons (Fsp3) is 0.208. The molecule has 5 nitrogen and oxygen atoms in total. The molecule has 0 bridgehead atoms. The van der Waals surface area contributed by atoms with Crippen LogP contribution in [-0.4, -0.2) is 28.0 Å². The zero-order valence-electron chi connectivity index (χ0n) is 16.7. The number of fused-ring (bicyclic) bond motifs is 1. The second-order valence-electron chi connectivity index (χ2n) is 7.30. The number of carbonyl (C=O) groups is 1. The number of para-hydroxylation sites is 1. The van der Waals surface area contributed by atoms with Crippen molar-refractivity contribution in [1.82, 2.24) is 0 Å². The number of ether oxygens (including phenoxy) is 1. The highest BCUT2D eigenvalue weighted by molar-refractivity contribution is 7.90. The van der Waals surface area contributed by atoms with Gasteiger partial charge in [-0.1, -0.05) is 42.5 Å². The first-order valence-corrected chi connectivity index (χ1v) is 11.5. The Hall–Kier alpha value is -3.12. The summed E-state index contributed by atoms with van der Waals surface area (Å²) >= 11 is 0. The molecule has 0 saturated heterocycles. The van der Waals surface area contributed by atoms with Gasteiger partial charge in [0.05, 0.1) is 23.4 Å². The van der Waals surface area contributed by atoms with E-state index < -0.39 is 9.84 Å². The minimum absolute atomic E-state index is 0.153. The number of anilines is 1. The summed E-state index contributed by atoms with van der Waals surface area (Å²) in [4.78, 5) is 15.4. The molecule has 3 aromatic carbocycles. The summed E-state index contributed by atoms with van der Waals surface area (Å²) in [5.74, 6) is 0.362. The number of benzene rings is 3. The lowest BCUT2D eigenvalue weighted by molar-refractivity contribution is 0.0984. The van der Waals surface area contributed by atoms with Crippen molar-refractivity contribution in [3.63, 3.8) is 0 Å². The fourth-order valence-corrected chi connectivity index (χ4v) is 5.22. The largest absolute Gasteiger partial charge is 0.495 e. The van der Waals surface area contributed by atoms with E-state index in [1.54, 1.807) is 66.6 Å². The molecule has 0 fully saturated rings. The third kappa shape index (κ3) is 3.96. The van der Waals surface area contributed by atoms with Gasteiger partial charge >= 0.3 is 0 Å². The van der Waals surface area contributed by atoms with Gasteiger partial charge in [-0.3, -0.25) is 4.79 Å². The molecule has 0 radical (unpaired) electrons. The summed E-state index contributed by atoms with van der Waals surface area (Å²) in [5, 5.41) is 0. The highest BCUT2D eigenvalue weighted by Gasteiger charge is 2.27.